The highest BCUT2D eigenvalue weighted by Gasteiger charge is 2.12. The van der Waals surface area contributed by atoms with Crippen molar-refractivity contribution in [2.75, 3.05) is 18.4 Å². The van der Waals surface area contributed by atoms with Gasteiger partial charge in [0.05, 0.1) is 10.4 Å². The van der Waals surface area contributed by atoms with E-state index in [1.165, 1.54) is 11.3 Å². The summed E-state index contributed by atoms with van der Waals surface area (Å²) in [7, 11) is 0. The van der Waals surface area contributed by atoms with Crippen LogP contribution in [-0.2, 0) is 11.2 Å². The average molecular weight is 440 g/mol. The van der Waals surface area contributed by atoms with Gasteiger partial charge in [-0.15, -0.1) is 11.3 Å². The molecule has 1 amide bonds. The summed E-state index contributed by atoms with van der Waals surface area (Å²) in [4.78, 5) is 32.5. The molecule has 1 aromatic carbocycles. The maximum Gasteiger partial charge on any atom is 0.272 e. The van der Waals surface area contributed by atoms with Gasteiger partial charge in [-0.3, -0.25) is 9.59 Å². The number of hydrogen-bond donors (Lipinski definition) is 3. The summed E-state index contributed by atoms with van der Waals surface area (Å²) in [5, 5.41) is 20.7. The topological polar surface area (TPSA) is 139 Å². The summed E-state index contributed by atoms with van der Waals surface area (Å²) >= 11 is 1.52. The lowest BCUT2D eigenvalue weighted by atomic mass is 10.2. The first-order chi connectivity index (χ1) is 15.1. The van der Waals surface area contributed by atoms with E-state index in [0.29, 0.717) is 54.5 Å². The molecular weight excluding hydrogens is 418 g/mol. The van der Waals surface area contributed by atoms with Crippen molar-refractivity contribution in [1.82, 2.24) is 30.6 Å². The van der Waals surface area contributed by atoms with Gasteiger partial charge in [-0.25, -0.2) is 10.1 Å². The van der Waals surface area contributed by atoms with Gasteiger partial charge < -0.3 is 15.2 Å². The maximum absolute atomic E-state index is 12.1. The molecule has 0 aliphatic rings. The first-order valence-corrected chi connectivity index (χ1v) is 10.7. The number of hydrogen-bond acceptors (Lipinski definition) is 9. The fourth-order valence-electron chi connectivity index (χ4n) is 3.01. The summed E-state index contributed by atoms with van der Waals surface area (Å²) in [6.45, 7) is 3.03. The number of fused-ring (bicyclic) bond motifs is 1. The van der Waals surface area contributed by atoms with Gasteiger partial charge in [0, 0.05) is 36.7 Å². The molecule has 0 saturated heterocycles. The van der Waals surface area contributed by atoms with Crippen LogP contribution in [0.5, 0.6) is 0 Å². The van der Waals surface area contributed by atoms with Crippen LogP contribution in [0.2, 0.25) is 0 Å². The Kier molecular flexibility index (Phi) is 6.32. The van der Waals surface area contributed by atoms with Crippen LogP contribution in [0.1, 0.15) is 23.7 Å². The van der Waals surface area contributed by atoms with Gasteiger partial charge in [0.15, 0.2) is 5.82 Å². The zero-order valence-electron chi connectivity index (χ0n) is 16.8. The molecule has 3 N–H and O–H groups in total. The van der Waals surface area contributed by atoms with Gasteiger partial charge in [-0.1, -0.05) is 23.4 Å². The van der Waals surface area contributed by atoms with Gasteiger partial charge in [-0.2, -0.15) is 10.1 Å². The molecule has 0 radical (unpaired) electrons. The number of aromatic nitrogens is 5. The second-order valence-corrected chi connectivity index (χ2v) is 7.90. The van der Waals surface area contributed by atoms with Crippen LogP contribution in [0, 0.1) is 6.92 Å². The summed E-state index contributed by atoms with van der Waals surface area (Å²) in [6.07, 6.45) is 1.33. The van der Waals surface area contributed by atoms with Crippen LogP contribution < -0.4 is 16.2 Å². The number of benzene rings is 1. The van der Waals surface area contributed by atoms with Crippen molar-refractivity contribution in [3.05, 3.63) is 50.9 Å². The van der Waals surface area contributed by atoms with Crippen LogP contribution in [0.15, 0.2) is 39.0 Å². The molecule has 3 heterocycles. The first kappa shape index (κ1) is 20.7. The molecule has 0 saturated carbocycles. The van der Waals surface area contributed by atoms with Crippen molar-refractivity contribution < 1.29 is 9.32 Å². The second-order valence-electron chi connectivity index (χ2n) is 6.84. The molecule has 0 unspecified atom stereocenters. The van der Waals surface area contributed by atoms with Crippen LogP contribution in [-0.4, -0.2) is 44.3 Å². The monoisotopic (exact) mass is 439 g/mol. The second kappa shape index (κ2) is 9.47. The highest BCUT2D eigenvalue weighted by Crippen LogP contribution is 2.19. The van der Waals surface area contributed by atoms with E-state index in [4.69, 9.17) is 4.52 Å². The molecule has 3 aromatic heterocycles. The molecule has 0 aliphatic heterocycles. The Bertz CT molecular complexity index is 1250. The Morgan fingerprint density at radius 1 is 1.19 bits per heavy atom. The number of carbonyl (C=O) groups is 1. The average Bonchev–Trinajstić information content (AvgIpc) is 3.42. The molecule has 4 aromatic rings. The van der Waals surface area contributed by atoms with E-state index in [9.17, 15) is 9.59 Å². The molecule has 0 spiro atoms. The summed E-state index contributed by atoms with van der Waals surface area (Å²) in [5.74, 6) is 1.38. The van der Waals surface area contributed by atoms with Crippen LogP contribution in [0.4, 0.5) is 5.82 Å². The molecule has 0 fully saturated rings. The SMILES string of the molecule is Cc1nc(-c2noc(CCC(=O)NCCCNc3n[nH]c(=O)c4ccccc34)n2)cs1. The zero-order valence-corrected chi connectivity index (χ0v) is 17.7. The van der Waals surface area contributed by atoms with Gasteiger partial charge in [0.25, 0.3) is 5.56 Å². The lowest BCUT2D eigenvalue weighted by Crippen LogP contribution is -2.26. The van der Waals surface area contributed by atoms with E-state index in [1.807, 2.05) is 30.5 Å². The molecule has 10 nitrogen and oxygen atoms in total. The minimum atomic E-state index is -0.219. The number of rotatable bonds is 9. The number of anilines is 1. The third-order valence-electron chi connectivity index (χ3n) is 4.55. The van der Waals surface area contributed by atoms with Crippen LogP contribution in [0.25, 0.3) is 22.3 Å². The smallest absolute Gasteiger partial charge is 0.272 e. The fourth-order valence-corrected chi connectivity index (χ4v) is 3.60. The molecule has 0 atom stereocenters. The number of amides is 1. The van der Waals surface area contributed by atoms with Gasteiger partial charge in [0.1, 0.15) is 5.69 Å². The molecule has 31 heavy (non-hydrogen) atoms. The summed E-state index contributed by atoms with van der Waals surface area (Å²) < 4.78 is 5.20. The van der Waals surface area contributed by atoms with E-state index in [0.717, 1.165) is 10.4 Å². The van der Waals surface area contributed by atoms with E-state index >= 15 is 0 Å². The van der Waals surface area contributed by atoms with Crippen LogP contribution in [0.3, 0.4) is 0 Å². The van der Waals surface area contributed by atoms with Crippen molar-refractivity contribution >= 4 is 33.8 Å². The number of thiazole rings is 1. The molecule has 160 valence electrons. The fraction of sp³-hybridized carbons (Fsp3) is 0.300. The summed E-state index contributed by atoms with van der Waals surface area (Å²) in [5.41, 5.74) is 0.461. The first-order valence-electron chi connectivity index (χ1n) is 9.83. The Morgan fingerprint density at radius 3 is 2.84 bits per heavy atom. The lowest BCUT2D eigenvalue weighted by Gasteiger charge is -2.08. The van der Waals surface area contributed by atoms with Crippen molar-refractivity contribution in [3.63, 3.8) is 0 Å². The Hall–Kier alpha value is -3.60. The highest BCUT2D eigenvalue weighted by molar-refractivity contribution is 7.09. The van der Waals surface area contributed by atoms with Crippen molar-refractivity contribution in [2.45, 2.75) is 26.2 Å². The van der Waals surface area contributed by atoms with Crippen molar-refractivity contribution in [2.24, 2.45) is 0 Å². The molecule has 11 heteroatoms. The summed E-state index contributed by atoms with van der Waals surface area (Å²) in [6, 6.07) is 7.27. The van der Waals surface area contributed by atoms with E-state index in [-0.39, 0.29) is 17.9 Å². The number of nitrogens with zero attached hydrogens (tertiary/aromatic N) is 4. The largest absolute Gasteiger partial charge is 0.368 e. The van der Waals surface area contributed by atoms with E-state index in [1.54, 1.807) is 6.07 Å². The molecule has 4 rings (SSSR count). The van der Waals surface area contributed by atoms with Crippen LogP contribution >= 0.6 is 11.3 Å². The third-order valence-corrected chi connectivity index (χ3v) is 5.32. The predicted molar refractivity (Wildman–Crippen MR) is 117 cm³/mol. The zero-order chi connectivity index (χ0) is 21.6. The van der Waals surface area contributed by atoms with Gasteiger partial charge in [0.2, 0.25) is 17.6 Å². The van der Waals surface area contributed by atoms with E-state index in [2.05, 4.69) is 36.0 Å². The number of aromatic amines is 1. The van der Waals surface area contributed by atoms with E-state index < -0.39 is 0 Å². The predicted octanol–water partition coefficient (Wildman–Crippen LogP) is 2.29. The number of carbonyl (C=O) groups excluding carboxylic acids is 1. The number of nitrogens with one attached hydrogen (secondary N) is 3. The quantitative estimate of drug-likeness (QED) is 0.338. The normalized spacial score (nSPS) is 11.0. The molecular formula is C20H21N7O3S. The standard InChI is InChI=1S/C20H21N7O3S/c1-12-23-15(11-31-12)19-24-17(30-27-19)8-7-16(28)21-9-4-10-22-18-13-5-2-3-6-14(13)20(29)26-25-18/h2-3,5-6,11H,4,7-10H2,1H3,(H,21,28)(H,22,25)(H,26,29). The maximum atomic E-state index is 12.1. The van der Waals surface area contributed by atoms with Gasteiger partial charge >= 0.3 is 0 Å². The molecule has 0 aliphatic carbocycles. The Labute approximate surface area is 181 Å². The Balaban J connectivity index is 1.18. The van der Waals surface area contributed by atoms with Crippen molar-refractivity contribution in [1.29, 1.82) is 0 Å². The lowest BCUT2D eigenvalue weighted by molar-refractivity contribution is -0.121. The minimum absolute atomic E-state index is 0.0862. The Morgan fingerprint density at radius 2 is 2.03 bits per heavy atom. The number of H-pyrrole nitrogens is 1. The molecule has 0 bridgehead atoms. The highest BCUT2D eigenvalue weighted by atomic mass is 32.1. The van der Waals surface area contributed by atoms with Gasteiger partial charge in [-0.05, 0) is 19.4 Å². The third kappa shape index (κ3) is 5.12. The van der Waals surface area contributed by atoms with Crippen molar-refractivity contribution in [3.8, 4) is 11.5 Å². The minimum Gasteiger partial charge on any atom is -0.368 e. The number of aryl methyl sites for hydroxylation is 2.